The van der Waals surface area contributed by atoms with Crippen molar-refractivity contribution < 1.29 is 27.8 Å². The van der Waals surface area contributed by atoms with Gasteiger partial charge in [0.2, 0.25) is 10.0 Å². The number of ether oxygens (including phenoxy) is 2. The Labute approximate surface area is 211 Å². The average molecular weight is 524 g/mol. The predicted molar refractivity (Wildman–Crippen MR) is 135 cm³/mol. The second kappa shape index (κ2) is 12.6. The van der Waals surface area contributed by atoms with Crippen molar-refractivity contribution in [3.05, 3.63) is 54.6 Å². The van der Waals surface area contributed by atoms with Gasteiger partial charge in [0, 0.05) is 30.1 Å². The van der Waals surface area contributed by atoms with Crippen molar-refractivity contribution in [2.75, 3.05) is 32.0 Å². The number of amides is 1. The van der Waals surface area contributed by atoms with Crippen LogP contribution >= 0.6 is 11.8 Å². The van der Waals surface area contributed by atoms with Gasteiger partial charge in [-0.2, -0.15) is 4.31 Å². The fraction of sp³-hybridized carbons (Fsp3) is 0.458. The number of aliphatic hydroxyl groups is 1. The molecule has 11 heteroatoms. The first-order valence-electron chi connectivity index (χ1n) is 11.5. The minimum Gasteiger partial charge on any atom is -0.444 e. The quantitative estimate of drug-likeness (QED) is 0.233. The van der Waals surface area contributed by atoms with Gasteiger partial charge in [0.25, 0.3) is 0 Å². The second-order valence-electron chi connectivity index (χ2n) is 8.74. The van der Waals surface area contributed by atoms with E-state index >= 15 is 0 Å². The third-order valence-corrected chi connectivity index (χ3v) is 8.33. The maximum Gasteiger partial charge on any atom is 0.408 e. The van der Waals surface area contributed by atoms with E-state index in [4.69, 9.17) is 15.2 Å². The summed E-state index contributed by atoms with van der Waals surface area (Å²) in [5.41, 5.74) is 6.17. The Morgan fingerprint density at radius 1 is 1.20 bits per heavy atom. The largest absolute Gasteiger partial charge is 0.444 e. The molecule has 3 rings (SSSR count). The minimum absolute atomic E-state index is 0.00581. The molecule has 0 aromatic heterocycles. The fourth-order valence-corrected chi connectivity index (χ4v) is 6.16. The van der Waals surface area contributed by atoms with E-state index in [1.54, 1.807) is 0 Å². The second-order valence-corrected chi connectivity index (χ2v) is 11.9. The smallest absolute Gasteiger partial charge is 0.408 e. The maximum atomic E-state index is 13.4. The SMILES string of the molecule is CC(C)CN(CC(O)C(NC(=O)O[C@@H]1CCOC1)Sc1ccccc1)S(=O)(=O)c1ccc(N)cc1. The van der Waals surface area contributed by atoms with E-state index in [2.05, 4.69) is 5.32 Å². The van der Waals surface area contributed by atoms with Gasteiger partial charge in [-0.05, 0) is 42.3 Å². The monoisotopic (exact) mass is 523 g/mol. The molecular weight excluding hydrogens is 490 g/mol. The molecule has 1 fully saturated rings. The third kappa shape index (κ3) is 8.11. The van der Waals surface area contributed by atoms with Crippen LogP contribution in [0.15, 0.2) is 64.4 Å². The fourth-order valence-electron chi connectivity index (χ4n) is 3.53. The number of thioether (sulfide) groups is 1. The zero-order valence-corrected chi connectivity index (χ0v) is 21.5. The third-order valence-electron chi connectivity index (χ3n) is 5.25. The lowest BCUT2D eigenvalue weighted by Gasteiger charge is -2.30. The number of nitrogen functional groups attached to an aromatic ring is 1. The Hall–Kier alpha value is -2.31. The number of aliphatic hydroxyl groups excluding tert-OH is 1. The van der Waals surface area contributed by atoms with Crippen molar-refractivity contribution in [3.8, 4) is 0 Å². The first kappa shape index (κ1) is 27.3. The number of carbonyl (C=O) groups excluding carboxylic acids is 1. The summed E-state index contributed by atoms with van der Waals surface area (Å²) in [6, 6.07) is 15.2. The summed E-state index contributed by atoms with van der Waals surface area (Å²) in [5, 5.41) is 13.0. The van der Waals surface area contributed by atoms with Crippen LogP contribution in [0.3, 0.4) is 0 Å². The highest BCUT2D eigenvalue weighted by atomic mass is 32.2. The summed E-state index contributed by atoms with van der Waals surface area (Å²) in [7, 11) is -3.91. The summed E-state index contributed by atoms with van der Waals surface area (Å²) in [5.74, 6) is 0.00581. The van der Waals surface area contributed by atoms with Gasteiger partial charge in [0.15, 0.2) is 0 Å². The molecule has 0 spiro atoms. The van der Waals surface area contributed by atoms with Crippen molar-refractivity contribution in [2.45, 2.75) is 47.6 Å². The molecule has 0 saturated carbocycles. The lowest BCUT2D eigenvalue weighted by Crippen LogP contribution is -2.49. The number of benzene rings is 2. The van der Waals surface area contributed by atoms with Crippen LogP contribution in [0.2, 0.25) is 0 Å². The number of hydrogen-bond acceptors (Lipinski definition) is 8. The van der Waals surface area contributed by atoms with Crippen LogP contribution in [-0.4, -0.2) is 67.8 Å². The molecule has 35 heavy (non-hydrogen) atoms. The highest BCUT2D eigenvalue weighted by molar-refractivity contribution is 8.00. The standard InChI is InChI=1S/C24H33N3O6S2/c1-17(2)14-27(35(30,31)21-10-8-18(25)9-11-21)15-22(28)23(34-20-6-4-3-5-7-20)26-24(29)33-19-12-13-32-16-19/h3-11,17,19,22-23,28H,12-16,25H2,1-2H3,(H,26,29)/t19-,22?,23?/m1/s1. The van der Waals surface area contributed by atoms with E-state index in [1.807, 2.05) is 44.2 Å². The normalized spacial score (nSPS) is 17.9. The van der Waals surface area contributed by atoms with Crippen molar-refractivity contribution in [1.29, 1.82) is 0 Å². The number of nitrogens with two attached hydrogens (primary N) is 1. The molecule has 1 amide bonds. The summed E-state index contributed by atoms with van der Waals surface area (Å²) in [6.45, 7) is 4.61. The van der Waals surface area contributed by atoms with E-state index in [-0.39, 0.29) is 30.0 Å². The van der Waals surface area contributed by atoms with Gasteiger partial charge in [-0.3, -0.25) is 0 Å². The Morgan fingerprint density at radius 2 is 1.89 bits per heavy atom. The van der Waals surface area contributed by atoms with Crippen LogP contribution in [0.1, 0.15) is 20.3 Å². The molecule has 192 valence electrons. The molecule has 1 aliphatic heterocycles. The summed E-state index contributed by atoms with van der Waals surface area (Å²) < 4.78 is 38.7. The number of rotatable bonds is 11. The van der Waals surface area contributed by atoms with Gasteiger partial charge >= 0.3 is 6.09 Å². The van der Waals surface area contributed by atoms with E-state index in [0.29, 0.717) is 25.3 Å². The molecule has 1 aliphatic rings. The lowest BCUT2D eigenvalue weighted by molar-refractivity contribution is 0.0743. The number of anilines is 1. The summed E-state index contributed by atoms with van der Waals surface area (Å²) in [4.78, 5) is 13.4. The highest BCUT2D eigenvalue weighted by Gasteiger charge is 2.32. The van der Waals surface area contributed by atoms with Gasteiger partial charge in [0.1, 0.15) is 11.5 Å². The Bertz CT molecular complexity index is 1040. The maximum absolute atomic E-state index is 13.4. The topological polar surface area (TPSA) is 131 Å². The van der Waals surface area contributed by atoms with E-state index in [1.165, 1.54) is 40.3 Å². The van der Waals surface area contributed by atoms with Gasteiger partial charge < -0.3 is 25.6 Å². The molecular formula is C24H33N3O6S2. The van der Waals surface area contributed by atoms with E-state index < -0.39 is 27.6 Å². The van der Waals surface area contributed by atoms with Crippen molar-refractivity contribution in [1.82, 2.24) is 9.62 Å². The average Bonchev–Trinajstić information content (AvgIpc) is 3.31. The van der Waals surface area contributed by atoms with E-state index in [9.17, 15) is 18.3 Å². The molecule has 9 nitrogen and oxygen atoms in total. The molecule has 1 heterocycles. The van der Waals surface area contributed by atoms with Gasteiger partial charge in [0.05, 0.1) is 24.2 Å². The molecule has 2 unspecified atom stereocenters. The minimum atomic E-state index is -3.91. The Kier molecular flexibility index (Phi) is 9.81. The van der Waals surface area contributed by atoms with Gasteiger partial charge in [-0.1, -0.05) is 43.8 Å². The molecule has 0 radical (unpaired) electrons. The van der Waals surface area contributed by atoms with Gasteiger partial charge in [-0.15, -0.1) is 0 Å². The lowest BCUT2D eigenvalue weighted by atomic mass is 10.2. The number of alkyl carbamates (subject to hydrolysis) is 1. The zero-order chi connectivity index (χ0) is 25.4. The number of nitrogens with zero attached hydrogens (tertiary/aromatic N) is 1. The zero-order valence-electron chi connectivity index (χ0n) is 19.9. The van der Waals surface area contributed by atoms with Crippen LogP contribution in [0, 0.1) is 5.92 Å². The number of carbonyl (C=O) groups is 1. The highest BCUT2D eigenvalue weighted by Crippen LogP contribution is 2.26. The Balaban J connectivity index is 1.80. The van der Waals surface area contributed by atoms with Crippen LogP contribution in [0.4, 0.5) is 10.5 Å². The first-order valence-corrected chi connectivity index (χ1v) is 13.8. The summed E-state index contributed by atoms with van der Waals surface area (Å²) in [6.07, 6.45) is -1.66. The van der Waals surface area contributed by atoms with Crippen molar-refractivity contribution >= 4 is 33.6 Å². The van der Waals surface area contributed by atoms with Crippen LogP contribution in [0.25, 0.3) is 0 Å². The number of nitrogens with one attached hydrogen (secondary N) is 1. The first-order chi connectivity index (χ1) is 16.6. The number of hydrogen-bond donors (Lipinski definition) is 3. The molecule has 0 aliphatic carbocycles. The predicted octanol–water partition coefficient (Wildman–Crippen LogP) is 2.91. The molecule has 1 saturated heterocycles. The van der Waals surface area contributed by atoms with Gasteiger partial charge in [-0.25, -0.2) is 13.2 Å². The van der Waals surface area contributed by atoms with Crippen molar-refractivity contribution in [3.63, 3.8) is 0 Å². The molecule has 4 N–H and O–H groups in total. The Morgan fingerprint density at radius 3 is 2.49 bits per heavy atom. The number of sulfonamides is 1. The molecule has 3 atom stereocenters. The van der Waals surface area contributed by atoms with E-state index in [0.717, 1.165) is 4.90 Å². The van der Waals surface area contributed by atoms with Crippen LogP contribution in [0.5, 0.6) is 0 Å². The molecule has 2 aromatic carbocycles. The van der Waals surface area contributed by atoms with Crippen LogP contribution in [-0.2, 0) is 19.5 Å². The molecule has 0 bridgehead atoms. The summed E-state index contributed by atoms with van der Waals surface area (Å²) >= 11 is 1.22. The van der Waals surface area contributed by atoms with Crippen LogP contribution < -0.4 is 11.1 Å². The molecule has 2 aromatic rings. The van der Waals surface area contributed by atoms with Crippen molar-refractivity contribution in [2.24, 2.45) is 5.92 Å².